The lowest BCUT2D eigenvalue weighted by Crippen LogP contribution is -2.36. The minimum absolute atomic E-state index is 0.0688. The summed E-state index contributed by atoms with van der Waals surface area (Å²) in [5.74, 6) is -3.03. The molecule has 7 nitrogen and oxygen atoms in total. The Balaban J connectivity index is 1.56. The van der Waals surface area contributed by atoms with E-state index in [0.717, 1.165) is 16.0 Å². The number of anilines is 1. The van der Waals surface area contributed by atoms with E-state index in [1.807, 2.05) is 38.1 Å². The number of pyridine rings is 1. The van der Waals surface area contributed by atoms with Crippen molar-refractivity contribution in [1.29, 1.82) is 0 Å². The molecule has 2 amide bonds. The molecule has 3 N–H and O–H groups in total. The highest BCUT2D eigenvalue weighted by atomic mass is 32.1. The van der Waals surface area contributed by atoms with Crippen LogP contribution in [0.4, 0.5) is 5.00 Å². The van der Waals surface area contributed by atoms with Crippen molar-refractivity contribution in [3.05, 3.63) is 58.2 Å². The van der Waals surface area contributed by atoms with Crippen LogP contribution in [0.1, 0.15) is 39.7 Å². The van der Waals surface area contributed by atoms with E-state index in [4.69, 9.17) is 0 Å². The highest BCUT2D eigenvalue weighted by molar-refractivity contribution is 7.16. The average molecular weight is 440 g/mol. The molecule has 0 aliphatic heterocycles. The molecule has 0 radical (unpaired) electrons. The minimum atomic E-state index is -0.942. The van der Waals surface area contributed by atoms with Crippen molar-refractivity contribution in [2.24, 2.45) is 23.7 Å². The quantitative estimate of drug-likeness (QED) is 0.573. The second-order valence-electron chi connectivity index (χ2n) is 8.07. The van der Waals surface area contributed by atoms with Crippen LogP contribution >= 0.6 is 11.3 Å². The lowest BCUT2D eigenvalue weighted by Gasteiger charge is -2.23. The molecular formula is C23H25N3O4S. The van der Waals surface area contributed by atoms with Crippen LogP contribution in [-0.2, 0) is 22.6 Å². The number of fused-ring (bicyclic) bond motifs is 2. The molecule has 2 aromatic heterocycles. The fourth-order valence-corrected chi connectivity index (χ4v) is 5.96. The summed E-state index contributed by atoms with van der Waals surface area (Å²) < 4.78 is 0. The Hall–Kier alpha value is -3.00. The lowest BCUT2D eigenvalue weighted by atomic mass is 9.82. The van der Waals surface area contributed by atoms with E-state index in [2.05, 4.69) is 15.6 Å². The topological polar surface area (TPSA) is 108 Å². The summed E-state index contributed by atoms with van der Waals surface area (Å²) in [4.78, 5) is 43.0. The maximum absolute atomic E-state index is 13.1. The maximum atomic E-state index is 13.1. The predicted molar refractivity (Wildman–Crippen MR) is 118 cm³/mol. The molecule has 4 atom stereocenters. The van der Waals surface area contributed by atoms with Crippen LogP contribution in [0.5, 0.6) is 0 Å². The standard InChI is InChI=1S/C23H25N3O4S/c1-3-16-12(2)31-22(19(16)20(27)25-11-13-5-4-8-24-10-13)26-21(28)17-14-6-7-15(9-14)18(17)23(29)30/h4-8,10,14-15,17-18H,3,9,11H2,1-2H3,(H,25,27)(H,26,28)(H,29,30)/t14-,15-,17-,18+/m0/s1. The zero-order valence-corrected chi connectivity index (χ0v) is 18.2. The van der Waals surface area contributed by atoms with Gasteiger partial charge in [-0.05, 0) is 48.8 Å². The van der Waals surface area contributed by atoms with Crippen molar-refractivity contribution in [3.63, 3.8) is 0 Å². The van der Waals surface area contributed by atoms with Gasteiger partial charge in [-0.15, -0.1) is 11.3 Å². The Morgan fingerprint density at radius 3 is 2.61 bits per heavy atom. The van der Waals surface area contributed by atoms with Crippen LogP contribution < -0.4 is 10.6 Å². The van der Waals surface area contributed by atoms with Gasteiger partial charge in [-0.25, -0.2) is 0 Å². The molecule has 8 heteroatoms. The van der Waals surface area contributed by atoms with E-state index in [9.17, 15) is 19.5 Å². The van der Waals surface area contributed by atoms with E-state index >= 15 is 0 Å². The first-order chi connectivity index (χ1) is 14.9. The molecule has 4 rings (SSSR count). The number of allylic oxidation sites excluding steroid dienone is 2. The van der Waals surface area contributed by atoms with Crippen molar-refractivity contribution in [1.82, 2.24) is 10.3 Å². The number of nitrogens with zero attached hydrogens (tertiary/aromatic N) is 1. The van der Waals surface area contributed by atoms with E-state index in [1.165, 1.54) is 11.3 Å². The predicted octanol–water partition coefficient (Wildman–Crippen LogP) is 3.41. The van der Waals surface area contributed by atoms with Gasteiger partial charge in [-0.2, -0.15) is 0 Å². The van der Waals surface area contributed by atoms with E-state index in [1.54, 1.807) is 12.4 Å². The van der Waals surface area contributed by atoms with Gasteiger partial charge in [-0.1, -0.05) is 25.1 Å². The van der Waals surface area contributed by atoms with Gasteiger partial charge in [0.2, 0.25) is 5.91 Å². The molecule has 31 heavy (non-hydrogen) atoms. The number of rotatable bonds is 7. The Morgan fingerprint density at radius 1 is 1.23 bits per heavy atom. The maximum Gasteiger partial charge on any atom is 0.307 e. The molecule has 1 fully saturated rings. The second kappa shape index (κ2) is 8.63. The smallest absolute Gasteiger partial charge is 0.307 e. The summed E-state index contributed by atoms with van der Waals surface area (Å²) in [5.41, 5.74) is 2.24. The van der Waals surface area contributed by atoms with E-state index in [-0.39, 0.29) is 23.7 Å². The third-order valence-corrected chi connectivity index (χ3v) is 7.31. The minimum Gasteiger partial charge on any atom is -0.481 e. The first-order valence-corrected chi connectivity index (χ1v) is 11.2. The zero-order valence-electron chi connectivity index (χ0n) is 17.4. The first-order valence-electron chi connectivity index (χ1n) is 10.4. The molecule has 1 saturated carbocycles. The van der Waals surface area contributed by atoms with Crippen LogP contribution in [0.2, 0.25) is 0 Å². The number of hydrogen-bond donors (Lipinski definition) is 3. The lowest BCUT2D eigenvalue weighted by molar-refractivity contribution is -0.146. The van der Waals surface area contributed by atoms with Gasteiger partial charge >= 0.3 is 5.97 Å². The Kier molecular flexibility index (Phi) is 5.91. The van der Waals surface area contributed by atoms with Crippen molar-refractivity contribution in [2.75, 3.05) is 5.32 Å². The van der Waals surface area contributed by atoms with Crippen LogP contribution in [0.15, 0.2) is 36.7 Å². The number of carbonyl (C=O) groups is 3. The number of nitrogens with one attached hydrogen (secondary N) is 2. The van der Waals surface area contributed by atoms with Gasteiger partial charge in [0.25, 0.3) is 5.91 Å². The fraction of sp³-hybridized carbons (Fsp3) is 0.391. The Labute approximate surface area is 184 Å². The molecule has 2 aromatic rings. The van der Waals surface area contributed by atoms with Crippen molar-refractivity contribution >= 4 is 34.1 Å². The van der Waals surface area contributed by atoms with Gasteiger partial charge in [0.1, 0.15) is 5.00 Å². The molecule has 2 aliphatic rings. The van der Waals surface area contributed by atoms with Crippen molar-refractivity contribution < 1.29 is 19.5 Å². The summed E-state index contributed by atoms with van der Waals surface area (Å²) in [5, 5.41) is 16.0. The van der Waals surface area contributed by atoms with Crippen LogP contribution in [0.25, 0.3) is 0 Å². The highest BCUT2D eigenvalue weighted by Crippen LogP contribution is 2.48. The number of aliphatic carboxylic acids is 1. The summed E-state index contributed by atoms with van der Waals surface area (Å²) in [6.07, 6.45) is 8.57. The largest absolute Gasteiger partial charge is 0.481 e. The summed E-state index contributed by atoms with van der Waals surface area (Å²) in [7, 11) is 0. The zero-order chi connectivity index (χ0) is 22.1. The van der Waals surface area contributed by atoms with Crippen molar-refractivity contribution in [3.8, 4) is 0 Å². The number of carbonyl (C=O) groups excluding carboxylic acids is 2. The number of aromatic nitrogens is 1. The number of aryl methyl sites for hydroxylation is 1. The third kappa shape index (κ3) is 3.99. The molecule has 0 aromatic carbocycles. The molecular weight excluding hydrogens is 414 g/mol. The number of amides is 2. The molecule has 162 valence electrons. The molecule has 0 unspecified atom stereocenters. The molecule has 0 spiro atoms. The number of carboxylic acids is 1. The summed E-state index contributed by atoms with van der Waals surface area (Å²) in [6.45, 7) is 4.23. The van der Waals surface area contributed by atoms with Crippen LogP contribution in [-0.4, -0.2) is 27.9 Å². The van der Waals surface area contributed by atoms with Gasteiger partial charge in [0.15, 0.2) is 0 Å². The molecule has 2 aliphatic carbocycles. The summed E-state index contributed by atoms with van der Waals surface area (Å²) >= 11 is 1.36. The first kappa shape index (κ1) is 21.2. The highest BCUT2D eigenvalue weighted by Gasteiger charge is 2.51. The third-order valence-electron chi connectivity index (χ3n) is 6.25. The number of thiophene rings is 1. The average Bonchev–Trinajstić information content (AvgIpc) is 3.45. The fourth-order valence-electron chi connectivity index (χ4n) is 4.82. The molecule has 2 heterocycles. The van der Waals surface area contributed by atoms with Crippen LogP contribution in [0.3, 0.4) is 0 Å². The van der Waals surface area contributed by atoms with E-state index in [0.29, 0.717) is 30.0 Å². The van der Waals surface area contributed by atoms with Gasteiger partial charge in [-0.3, -0.25) is 19.4 Å². The van der Waals surface area contributed by atoms with Gasteiger partial charge in [0.05, 0.1) is 17.4 Å². The normalized spacial score (nSPS) is 23.7. The van der Waals surface area contributed by atoms with Gasteiger partial charge in [0, 0.05) is 23.8 Å². The van der Waals surface area contributed by atoms with Crippen LogP contribution in [0, 0.1) is 30.6 Å². The Bertz CT molecular complexity index is 1050. The number of carboxylic acid groups (broad SMARTS) is 1. The van der Waals surface area contributed by atoms with Crippen molar-refractivity contribution in [2.45, 2.75) is 33.2 Å². The molecule has 0 saturated heterocycles. The van der Waals surface area contributed by atoms with Gasteiger partial charge < -0.3 is 15.7 Å². The number of hydrogen-bond acceptors (Lipinski definition) is 5. The Morgan fingerprint density at radius 2 is 1.97 bits per heavy atom. The summed E-state index contributed by atoms with van der Waals surface area (Å²) in [6, 6.07) is 3.69. The SMILES string of the molecule is CCc1c(C)sc(NC(=O)[C@@H]2[C@H](C(=O)O)[C@H]3C=C[C@H]2C3)c1C(=O)NCc1cccnc1. The second-order valence-corrected chi connectivity index (χ2v) is 9.29. The van der Waals surface area contributed by atoms with E-state index < -0.39 is 17.8 Å². The molecule has 2 bridgehead atoms. The monoisotopic (exact) mass is 439 g/mol.